The third-order valence-corrected chi connectivity index (χ3v) is 3.35. The van der Waals surface area contributed by atoms with E-state index in [1.165, 1.54) is 6.07 Å². The molecule has 0 saturated carbocycles. The minimum Gasteiger partial charge on any atom is -0.346 e. The molecule has 8 heteroatoms. The van der Waals surface area contributed by atoms with Crippen molar-refractivity contribution in [1.29, 1.82) is 0 Å². The van der Waals surface area contributed by atoms with Gasteiger partial charge < -0.3 is 11.1 Å². The van der Waals surface area contributed by atoms with Gasteiger partial charge in [-0.25, -0.2) is 8.42 Å². The smallest absolute Gasteiger partial charge is 0.251 e. The Bertz CT molecular complexity index is 615. The van der Waals surface area contributed by atoms with Crippen LogP contribution in [0.25, 0.3) is 0 Å². The van der Waals surface area contributed by atoms with Gasteiger partial charge in [0, 0.05) is 17.6 Å². The van der Waals surface area contributed by atoms with Gasteiger partial charge in [-0.3, -0.25) is 9.52 Å². The maximum atomic E-state index is 12.1. The average Bonchev–Trinajstić information content (AvgIpc) is 2.29. The zero-order chi connectivity index (χ0) is 15.6. The SMILES string of the molecule is Cc1ccc(C(=O)NC(C)(C)CN)cc1NS(C)(=O)=O.Cl. The van der Waals surface area contributed by atoms with Crippen molar-refractivity contribution in [3.63, 3.8) is 0 Å². The number of nitrogens with one attached hydrogen (secondary N) is 2. The second-order valence-corrected chi connectivity index (χ2v) is 7.19. The van der Waals surface area contributed by atoms with E-state index in [1.54, 1.807) is 19.1 Å². The molecule has 0 fully saturated rings. The number of anilines is 1. The van der Waals surface area contributed by atoms with Crippen molar-refractivity contribution in [2.24, 2.45) is 5.73 Å². The molecule has 6 nitrogen and oxygen atoms in total. The minimum atomic E-state index is -3.38. The Morgan fingerprint density at radius 1 is 1.33 bits per heavy atom. The third-order valence-electron chi connectivity index (χ3n) is 2.76. The van der Waals surface area contributed by atoms with Crippen molar-refractivity contribution >= 4 is 34.0 Å². The molecule has 0 aliphatic carbocycles. The number of sulfonamides is 1. The Morgan fingerprint density at radius 2 is 1.90 bits per heavy atom. The van der Waals surface area contributed by atoms with E-state index in [4.69, 9.17) is 5.73 Å². The number of hydrogen-bond donors (Lipinski definition) is 3. The molecule has 0 radical (unpaired) electrons. The zero-order valence-electron chi connectivity index (χ0n) is 12.6. The Morgan fingerprint density at radius 3 is 2.38 bits per heavy atom. The summed E-state index contributed by atoms with van der Waals surface area (Å²) in [5, 5.41) is 2.79. The lowest BCUT2D eigenvalue weighted by atomic mass is 10.0. The molecular formula is C13H22ClN3O3S. The molecule has 1 amide bonds. The lowest BCUT2D eigenvalue weighted by Gasteiger charge is -2.24. The molecule has 0 unspecified atom stereocenters. The van der Waals surface area contributed by atoms with Crippen LogP contribution in [0.4, 0.5) is 5.69 Å². The van der Waals surface area contributed by atoms with Crippen molar-refractivity contribution in [1.82, 2.24) is 5.32 Å². The maximum Gasteiger partial charge on any atom is 0.251 e. The summed E-state index contributed by atoms with van der Waals surface area (Å²) in [6, 6.07) is 4.85. The fourth-order valence-electron chi connectivity index (χ4n) is 1.50. The Hall–Kier alpha value is -1.31. The van der Waals surface area contributed by atoms with Crippen LogP contribution >= 0.6 is 12.4 Å². The lowest BCUT2D eigenvalue weighted by Crippen LogP contribution is -2.48. The number of benzene rings is 1. The predicted octanol–water partition coefficient (Wildman–Crippen LogP) is 1.26. The number of hydrogen-bond acceptors (Lipinski definition) is 4. The van der Waals surface area contributed by atoms with Gasteiger partial charge in [0.15, 0.2) is 0 Å². The zero-order valence-corrected chi connectivity index (χ0v) is 14.2. The summed E-state index contributed by atoms with van der Waals surface area (Å²) >= 11 is 0. The van der Waals surface area contributed by atoms with Gasteiger partial charge in [0.25, 0.3) is 5.91 Å². The first-order valence-electron chi connectivity index (χ1n) is 6.15. The molecule has 1 aromatic rings. The summed E-state index contributed by atoms with van der Waals surface area (Å²) in [5.41, 5.74) is 6.56. The number of carbonyl (C=O) groups excluding carboxylic acids is 1. The summed E-state index contributed by atoms with van der Waals surface area (Å²) in [4.78, 5) is 12.1. The molecule has 0 aliphatic rings. The van der Waals surface area contributed by atoms with Crippen LogP contribution in [-0.2, 0) is 10.0 Å². The van der Waals surface area contributed by atoms with E-state index in [0.717, 1.165) is 11.8 Å². The number of halogens is 1. The molecule has 0 heterocycles. The fraction of sp³-hybridized carbons (Fsp3) is 0.462. The minimum absolute atomic E-state index is 0. The van der Waals surface area contributed by atoms with Gasteiger partial charge >= 0.3 is 0 Å². The van der Waals surface area contributed by atoms with E-state index in [0.29, 0.717) is 17.8 Å². The molecule has 0 aliphatic heterocycles. The van der Waals surface area contributed by atoms with Crippen LogP contribution in [0.2, 0.25) is 0 Å². The van der Waals surface area contributed by atoms with Gasteiger partial charge in [-0.1, -0.05) is 6.07 Å². The number of aryl methyl sites for hydroxylation is 1. The largest absolute Gasteiger partial charge is 0.346 e. The summed E-state index contributed by atoms with van der Waals surface area (Å²) in [5.74, 6) is -0.294. The number of rotatable bonds is 5. The molecule has 0 bridgehead atoms. The van der Waals surface area contributed by atoms with Crippen LogP contribution in [0.3, 0.4) is 0 Å². The molecule has 4 N–H and O–H groups in total. The van der Waals surface area contributed by atoms with Crippen LogP contribution in [-0.4, -0.2) is 32.7 Å². The number of amides is 1. The van der Waals surface area contributed by atoms with Crippen LogP contribution in [0.5, 0.6) is 0 Å². The molecule has 1 rings (SSSR count). The van der Waals surface area contributed by atoms with E-state index >= 15 is 0 Å². The van der Waals surface area contributed by atoms with Crippen molar-refractivity contribution < 1.29 is 13.2 Å². The van der Waals surface area contributed by atoms with E-state index < -0.39 is 15.6 Å². The molecular weight excluding hydrogens is 314 g/mol. The summed E-state index contributed by atoms with van der Waals surface area (Å²) in [7, 11) is -3.38. The van der Waals surface area contributed by atoms with Crippen LogP contribution < -0.4 is 15.8 Å². The quantitative estimate of drug-likeness (QED) is 0.753. The second-order valence-electron chi connectivity index (χ2n) is 5.45. The summed E-state index contributed by atoms with van der Waals surface area (Å²) in [6.07, 6.45) is 1.07. The van der Waals surface area contributed by atoms with Gasteiger partial charge in [0.2, 0.25) is 10.0 Å². The molecule has 1 aromatic carbocycles. The molecule has 21 heavy (non-hydrogen) atoms. The molecule has 0 aromatic heterocycles. The first kappa shape index (κ1) is 19.7. The first-order valence-corrected chi connectivity index (χ1v) is 8.04. The lowest BCUT2D eigenvalue weighted by molar-refractivity contribution is 0.0915. The number of carbonyl (C=O) groups is 1. The van der Waals surface area contributed by atoms with E-state index in [1.807, 2.05) is 13.8 Å². The number of nitrogens with two attached hydrogens (primary N) is 1. The Labute approximate surface area is 132 Å². The highest BCUT2D eigenvalue weighted by molar-refractivity contribution is 7.92. The molecule has 0 spiro atoms. The summed E-state index contributed by atoms with van der Waals surface area (Å²) in [6.45, 7) is 5.70. The average molecular weight is 336 g/mol. The standard InChI is InChI=1S/C13H21N3O3S.ClH/c1-9-5-6-10(7-11(9)16-20(4,18)19)12(17)15-13(2,3)8-14;/h5-7,16H,8,14H2,1-4H3,(H,15,17);1H. The van der Waals surface area contributed by atoms with Crippen molar-refractivity contribution in [3.05, 3.63) is 29.3 Å². The van der Waals surface area contributed by atoms with E-state index in [2.05, 4.69) is 10.0 Å². The first-order chi connectivity index (χ1) is 9.04. The Kier molecular flexibility index (Phi) is 6.66. The van der Waals surface area contributed by atoms with Crippen molar-refractivity contribution in [3.8, 4) is 0 Å². The van der Waals surface area contributed by atoms with Crippen LogP contribution in [0.15, 0.2) is 18.2 Å². The summed E-state index contributed by atoms with van der Waals surface area (Å²) < 4.78 is 25.0. The second kappa shape index (κ2) is 7.11. The normalized spacial score (nSPS) is 11.5. The maximum absolute atomic E-state index is 12.1. The molecule has 0 saturated heterocycles. The van der Waals surface area contributed by atoms with Crippen molar-refractivity contribution in [2.75, 3.05) is 17.5 Å². The monoisotopic (exact) mass is 335 g/mol. The van der Waals surface area contributed by atoms with E-state index in [-0.39, 0.29) is 18.3 Å². The molecule has 0 atom stereocenters. The van der Waals surface area contributed by atoms with Gasteiger partial charge in [0.05, 0.1) is 11.9 Å². The highest BCUT2D eigenvalue weighted by Gasteiger charge is 2.19. The van der Waals surface area contributed by atoms with Crippen LogP contribution in [0, 0.1) is 6.92 Å². The molecule has 120 valence electrons. The van der Waals surface area contributed by atoms with Gasteiger partial charge in [-0.15, -0.1) is 12.4 Å². The van der Waals surface area contributed by atoms with E-state index in [9.17, 15) is 13.2 Å². The highest BCUT2D eigenvalue weighted by Crippen LogP contribution is 2.18. The topological polar surface area (TPSA) is 101 Å². The Balaban J connectivity index is 0.00000400. The van der Waals surface area contributed by atoms with Gasteiger partial charge in [0.1, 0.15) is 0 Å². The predicted molar refractivity (Wildman–Crippen MR) is 87.5 cm³/mol. The van der Waals surface area contributed by atoms with Crippen molar-refractivity contribution in [2.45, 2.75) is 26.3 Å². The highest BCUT2D eigenvalue weighted by atomic mass is 35.5. The fourth-order valence-corrected chi connectivity index (χ4v) is 2.12. The van der Waals surface area contributed by atoms with Crippen LogP contribution in [0.1, 0.15) is 29.8 Å². The van der Waals surface area contributed by atoms with Gasteiger partial charge in [-0.2, -0.15) is 0 Å². The third kappa shape index (κ3) is 6.33. The van der Waals surface area contributed by atoms with Gasteiger partial charge in [-0.05, 0) is 38.5 Å².